The van der Waals surface area contributed by atoms with Gasteiger partial charge in [0.2, 0.25) is 11.9 Å². The van der Waals surface area contributed by atoms with Crippen molar-refractivity contribution in [2.75, 3.05) is 49.5 Å². The maximum absolute atomic E-state index is 13.2. The molecular weight excluding hydrogens is 488 g/mol. The summed E-state index contributed by atoms with van der Waals surface area (Å²) in [5.74, 6) is 0.719. The predicted molar refractivity (Wildman–Crippen MR) is 122 cm³/mol. The fourth-order valence-electron chi connectivity index (χ4n) is 2.91. The molecule has 1 aliphatic rings. The van der Waals surface area contributed by atoms with Gasteiger partial charge in [-0.05, 0) is 31.2 Å². The molecule has 0 saturated carbocycles. The first-order chi connectivity index (χ1) is 13.7. The Morgan fingerprint density at radius 3 is 2.55 bits per heavy atom. The standard InChI is InChI=1S/C19H24FN7O.HI/c1-2-21-18(24-14-17(28)25-16-6-3-5-15(20)13-16)26-9-11-27(12-10-26)19-22-7-4-8-23-19;/h3-8,13H,2,9-12,14H2,1H3,(H,21,24)(H,25,28);1H. The van der Waals surface area contributed by atoms with Crippen molar-refractivity contribution in [3.8, 4) is 0 Å². The molecule has 0 radical (unpaired) electrons. The van der Waals surface area contributed by atoms with E-state index in [1.807, 2.05) is 6.92 Å². The Morgan fingerprint density at radius 2 is 1.90 bits per heavy atom. The average molecular weight is 513 g/mol. The molecule has 3 rings (SSSR count). The number of carbonyl (C=O) groups excluding carboxylic acids is 1. The molecule has 0 unspecified atom stereocenters. The number of guanidine groups is 1. The Kier molecular flexibility index (Phi) is 9.03. The third kappa shape index (κ3) is 6.80. The first kappa shape index (κ1) is 22.8. The molecule has 1 aromatic heterocycles. The van der Waals surface area contributed by atoms with Gasteiger partial charge in [-0.25, -0.2) is 19.4 Å². The number of hydrogen-bond donors (Lipinski definition) is 2. The van der Waals surface area contributed by atoms with Crippen molar-refractivity contribution >= 4 is 47.5 Å². The topological polar surface area (TPSA) is 85.8 Å². The van der Waals surface area contributed by atoms with E-state index in [1.54, 1.807) is 30.6 Å². The van der Waals surface area contributed by atoms with E-state index in [2.05, 4.69) is 35.4 Å². The molecule has 156 valence electrons. The van der Waals surface area contributed by atoms with Crippen molar-refractivity contribution in [3.05, 3.63) is 48.5 Å². The molecule has 1 aliphatic heterocycles. The van der Waals surface area contributed by atoms with Crippen molar-refractivity contribution in [1.29, 1.82) is 0 Å². The maximum Gasteiger partial charge on any atom is 0.246 e. The number of aliphatic imine (C=N–C) groups is 1. The van der Waals surface area contributed by atoms with Crippen molar-refractivity contribution < 1.29 is 9.18 Å². The maximum atomic E-state index is 13.2. The highest BCUT2D eigenvalue weighted by molar-refractivity contribution is 14.0. The first-order valence-electron chi connectivity index (χ1n) is 9.26. The van der Waals surface area contributed by atoms with Crippen molar-refractivity contribution in [2.24, 2.45) is 4.99 Å². The van der Waals surface area contributed by atoms with Gasteiger partial charge in [-0.1, -0.05) is 6.07 Å². The van der Waals surface area contributed by atoms with E-state index in [1.165, 1.54) is 12.1 Å². The molecule has 1 fully saturated rings. The molecule has 8 nitrogen and oxygen atoms in total. The van der Waals surface area contributed by atoms with Crippen molar-refractivity contribution in [1.82, 2.24) is 20.2 Å². The first-order valence-corrected chi connectivity index (χ1v) is 9.26. The SMILES string of the molecule is CCNC(=NCC(=O)Nc1cccc(F)c1)N1CCN(c2ncccn2)CC1.I. The van der Waals surface area contributed by atoms with E-state index in [0.717, 1.165) is 32.1 Å². The Bertz CT molecular complexity index is 813. The number of nitrogens with one attached hydrogen (secondary N) is 2. The van der Waals surface area contributed by atoms with Crippen LogP contribution in [0.4, 0.5) is 16.0 Å². The minimum Gasteiger partial charge on any atom is -0.357 e. The van der Waals surface area contributed by atoms with Crippen molar-refractivity contribution in [3.63, 3.8) is 0 Å². The molecule has 0 bridgehead atoms. The highest BCUT2D eigenvalue weighted by atomic mass is 127. The lowest BCUT2D eigenvalue weighted by atomic mass is 10.3. The molecule has 2 N–H and O–H groups in total. The van der Waals surface area contributed by atoms with E-state index in [4.69, 9.17) is 0 Å². The number of aromatic nitrogens is 2. The average Bonchev–Trinajstić information content (AvgIpc) is 2.72. The number of benzene rings is 1. The zero-order valence-corrected chi connectivity index (χ0v) is 18.5. The summed E-state index contributed by atoms with van der Waals surface area (Å²) < 4.78 is 13.2. The Hall–Kier alpha value is -2.50. The summed E-state index contributed by atoms with van der Waals surface area (Å²) in [6.45, 7) is 5.67. The summed E-state index contributed by atoms with van der Waals surface area (Å²) in [5.41, 5.74) is 0.418. The fourth-order valence-corrected chi connectivity index (χ4v) is 2.91. The Balaban J connectivity index is 0.00000300. The van der Waals surface area contributed by atoms with Crippen LogP contribution in [0.25, 0.3) is 0 Å². The summed E-state index contributed by atoms with van der Waals surface area (Å²) in [4.78, 5) is 29.4. The van der Waals surface area contributed by atoms with Crippen LogP contribution in [0, 0.1) is 5.82 Å². The second-order valence-corrected chi connectivity index (χ2v) is 6.25. The van der Waals surface area contributed by atoms with Gasteiger partial charge in [0, 0.05) is 50.8 Å². The smallest absolute Gasteiger partial charge is 0.246 e. The lowest BCUT2D eigenvalue weighted by Gasteiger charge is -2.36. The van der Waals surface area contributed by atoms with Gasteiger partial charge in [0.15, 0.2) is 5.96 Å². The van der Waals surface area contributed by atoms with Crippen LogP contribution < -0.4 is 15.5 Å². The molecule has 10 heteroatoms. The molecule has 0 spiro atoms. The molecule has 0 aliphatic carbocycles. The van der Waals surface area contributed by atoms with Crippen LogP contribution in [-0.2, 0) is 4.79 Å². The van der Waals surface area contributed by atoms with Crippen LogP contribution in [0.5, 0.6) is 0 Å². The molecule has 29 heavy (non-hydrogen) atoms. The number of anilines is 2. The van der Waals surface area contributed by atoms with E-state index >= 15 is 0 Å². The highest BCUT2D eigenvalue weighted by Crippen LogP contribution is 2.10. The quantitative estimate of drug-likeness (QED) is 0.362. The summed E-state index contributed by atoms with van der Waals surface area (Å²) in [6.07, 6.45) is 3.47. The number of nitrogens with zero attached hydrogens (tertiary/aromatic N) is 5. The van der Waals surface area contributed by atoms with Crippen LogP contribution in [0.1, 0.15) is 6.92 Å². The van der Waals surface area contributed by atoms with E-state index in [0.29, 0.717) is 18.2 Å². The molecule has 1 amide bonds. The van der Waals surface area contributed by atoms with Gasteiger partial charge in [-0.2, -0.15) is 0 Å². The van der Waals surface area contributed by atoms with Gasteiger partial charge >= 0.3 is 0 Å². The predicted octanol–water partition coefficient (Wildman–Crippen LogP) is 1.96. The summed E-state index contributed by atoms with van der Waals surface area (Å²) in [6, 6.07) is 7.59. The highest BCUT2D eigenvalue weighted by Gasteiger charge is 2.21. The Labute approximate surface area is 186 Å². The zero-order valence-electron chi connectivity index (χ0n) is 16.2. The summed E-state index contributed by atoms with van der Waals surface area (Å²) >= 11 is 0. The van der Waals surface area contributed by atoms with E-state index < -0.39 is 5.82 Å². The van der Waals surface area contributed by atoms with Crippen LogP contribution >= 0.6 is 24.0 Å². The van der Waals surface area contributed by atoms with E-state index in [-0.39, 0.29) is 36.4 Å². The van der Waals surface area contributed by atoms with Crippen LogP contribution in [-0.4, -0.2) is 66.0 Å². The van der Waals surface area contributed by atoms with Gasteiger partial charge in [0.05, 0.1) is 0 Å². The normalized spacial score (nSPS) is 14.2. The summed E-state index contributed by atoms with van der Waals surface area (Å²) in [5, 5.41) is 5.88. The van der Waals surface area contributed by atoms with Gasteiger partial charge < -0.3 is 20.4 Å². The van der Waals surface area contributed by atoms with Crippen LogP contribution in [0.15, 0.2) is 47.7 Å². The molecule has 1 saturated heterocycles. The number of hydrogen-bond acceptors (Lipinski definition) is 5. The number of amides is 1. The largest absolute Gasteiger partial charge is 0.357 e. The summed E-state index contributed by atoms with van der Waals surface area (Å²) in [7, 11) is 0. The monoisotopic (exact) mass is 513 g/mol. The van der Waals surface area contributed by atoms with Crippen LogP contribution in [0.3, 0.4) is 0 Å². The molecule has 2 heterocycles. The lowest BCUT2D eigenvalue weighted by Crippen LogP contribution is -2.53. The molecule has 2 aromatic rings. The van der Waals surface area contributed by atoms with Gasteiger partial charge in [-0.15, -0.1) is 24.0 Å². The van der Waals surface area contributed by atoms with Crippen molar-refractivity contribution in [2.45, 2.75) is 6.92 Å². The van der Waals surface area contributed by atoms with Gasteiger partial charge in [0.1, 0.15) is 12.4 Å². The third-order valence-corrected chi connectivity index (χ3v) is 4.23. The number of piperazine rings is 1. The number of rotatable bonds is 5. The number of halogens is 2. The van der Waals surface area contributed by atoms with Gasteiger partial charge in [0.25, 0.3) is 0 Å². The minimum atomic E-state index is -0.394. The van der Waals surface area contributed by atoms with E-state index in [9.17, 15) is 9.18 Å². The zero-order chi connectivity index (χ0) is 19.8. The fraction of sp³-hybridized carbons (Fsp3) is 0.368. The second-order valence-electron chi connectivity index (χ2n) is 6.25. The lowest BCUT2D eigenvalue weighted by molar-refractivity contribution is -0.114. The molecule has 0 atom stereocenters. The second kappa shape index (κ2) is 11.5. The van der Waals surface area contributed by atoms with Gasteiger partial charge in [-0.3, -0.25) is 4.79 Å². The van der Waals surface area contributed by atoms with Crippen LogP contribution in [0.2, 0.25) is 0 Å². The minimum absolute atomic E-state index is 0. The number of carbonyl (C=O) groups is 1. The molecule has 1 aromatic carbocycles. The molecular formula is C19H25FIN7O. The third-order valence-electron chi connectivity index (χ3n) is 4.23. The Morgan fingerprint density at radius 1 is 1.17 bits per heavy atom.